The molecule has 0 bridgehead atoms. The van der Waals surface area contributed by atoms with Crippen LogP contribution >= 0.6 is 34.5 Å². The molecule has 1 aromatic carbocycles. The number of H-pyrrole nitrogens is 1. The summed E-state index contributed by atoms with van der Waals surface area (Å²) in [6.07, 6.45) is 0.671. The number of hydrogen-bond acceptors (Lipinski definition) is 4. The molecule has 25 heavy (non-hydrogen) atoms. The van der Waals surface area contributed by atoms with Crippen LogP contribution < -0.4 is 5.56 Å². The third-order valence-electron chi connectivity index (χ3n) is 4.35. The number of rotatable bonds is 3. The Kier molecular flexibility index (Phi) is 4.65. The Hall–Kier alpha value is -1.66. The summed E-state index contributed by atoms with van der Waals surface area (Å²) in [7, 11) is 0. The summed E-state index contributed by atoms with van der Waals surface area (Å²) in [6, 6.07) is 9.44. The SMILES string of the molecule is O=c1[nH]c(-c2cccs2)nc2c1CCN(Cc1c(Cl)cccc1Cl)C2. The number of halogens is 2. The summed E-state index contributed by atoms with van der Waals surface area (Å²) < 4.78 is 0. The molecule has 4 nitrogen and oxygen atoms in total. The van der Waals surface area contributed by atoms with Crippen molar-refractivity contribution in [2.75, 3.05) is 6.54 Å². The first-order valence-electron chi connectivity index (χ1n) is 7.93. The normalized spacial score (nSPS) is 14.5. The minimum atomic E-state index is -0.0381. The second kappa shape index (κ2) is 6.92. The van der Waals surface area contributed by atoms with E-state index in [0.717, 1.165) is 28.2 Å². The zero-order valence-corrected chi connectivity index (χ0v) is 15.6. The van der Waals surface area contributed by atoms with Gasteiger partial charge in [-0.3, -0.25) is 9.69 Å². The third kappa shape index (κ3) is 3.37. The summed E-state index contributed by atoms with van der Waals surface area (Å²) in [5.41, 5.74) is 2.49. The molecular weight excluding hydrogens is 377 g/mol. The monoisotopic (exact) mass is 391 g/mol. The Balaban J connectivity index is 1.63. The van der Waals surface area contributed by atoms with E-state index in [2.05, 4.69) is 9.88 Å². The van der Waals surface area contributed by atoms with Gasteiger partial charge in [-0.1, -0.05) is 35.3 Å². The standard InChI is InChI=1S/C18H15Cl2N3OS/c19-13-3-1-4-14(20)12(13)9-23-7-6-11-15(10-23)21-17(22-18(11)24)16-5-2-8-25-16/h1-5,8H,6-7,9-10H2,(H,21,22,24). The molecule has 1 aliphatic rings. The molecule has 0 radical (unpaired) electrons. The Labute approximate surface area is 159 Å². The molecule has 0 atom stereocenters. The summed E-state index contributed by atoms with van der Waals surface area (Å²) in [5, 5.41) is 3.30. The molecule has 4 rings (SSSR count). The minimum absolute atomic E-state index is 0.0381. The molecule has 128 valence electrons. The van der Waals surface area contributed by atoms with Crippen LogP contribution in [0, 0.1) is 0 Å². The number of aromatic nitrogens is 2. The average Bonchev–Trinajstić information content (AvgIpc) is 3.12. The van der Waals surface area contributed by atoms with Gasteiger partial charge in [0.1, 0.15) is 0 Å². The van der Waals surface area contributed by atoms with Crippen LogP contribution in [0.3, 0.4) is 0 Å². The van der Waals surface area contributed by atoms with Crippen LogP contribution in [0.5, 0.6) is 0 Å². The van der Waals surface area contributed by atoms with E-state index in [0.29, 0.717) is 35.4 Å². The smallest absolute Gasteiger partial charge is 0.254 e. The molecule has 1 aliphatic heterocycles. The van der Waals surface area contributed by atoms with Crippen LogP contribution in [0.25, 0.3) is 10.7 Å². The van der Waals surface area contributed by atoms with Gasteiger partial charge in [0.05, 0.1) is 10.6 Å². The predicted octanol–water partition coefficient (Wildman–Crippen LogP) is 4.36. The molecule has 0 saturated heterocycles. The van der Waals surface area contributed by atoms with Crippen molar-refractivity contribution in [2.24, 2.45) is 0 Å². The fourth-order valence-corrected chi connectivity index (χ4v) is 4.25. The van der Waals surface area contributed by atoms with Crippen LogP contribution in [-0.4, -0.2) is 21.4 Å². The van der Waals surface area contributed by atoms with Crippen molar-refractivity contribution in [3.8, 4) is 10.7 Å². The highest BCUT2D eigenvalue weighted by Crippen LogP contribution is 2.28. The molecule has 2 aromatic heterocycles. The molecule has 3 aromatic rings. The van der Waals surface area contributed by atoms with E-state index in [-0.39, 0.29) is 5.56 Å². The van der Waals surface area contributed by atoms with Crippen molar-refractivity contribution in [3.05, 3.63) is 72.9 Å². The summed E-state index contributed by atoms with van der Waals surface area (Å²) >= 11 is 14.1. The first kappa shape index (κ1) is 16.8. The third-order valence-corrected chi connectivity index (χ3v) is 5.94. The lowest BCUT2D eigenvalue weighted by atomic mass is 10.1. The predicted molar refractivity (Wildman–Crippen MR) is 102 cm³/mol. The van der Waals surface area contributed by atoms with Gasteiger partial charge < -0.3 is 4.98 Å². The quantitative estimate of drug-likeness (QED) is 0.721. The molecule has 0 fully saturated rings. The molecule has 0 saturated carbocycles. The minimum Gasteiger partial charge on any atom is -0.306 e. The lowest BCUT2D eigenvalue weighted by molar-refractivity contribution is 0.240. The number of nitrogens with zero attached hydrogens (tertiary/aromatic N) is 2. The lowest BCUT2D eigenvalue weighted by Gasteiger charge is -2.28. The van der Waals surface area contributed by atoms with Gasteiger partial charge in [-0.05, 0) is 30.0 Å². The molecule has 0 amide bonds. The van der Waals surface area contributed by atoms with Crippen LogP contribution in [0.2, 0.25) is 10.0 Å². The number of nitrogens with one attached hydrogen (secondary N) is 1. The van der Waals surface area contributed by atoms with E-state index >= 15 is 0 Å². The molecule has 7 heteroatoms. The van der Waals surface area contributed by atoms with Gasteiger partial charge in [0.25, 0.3) is 5.56 Å². The van der Waals surface area contributed by atoms with Gasteiger partial charge in [0.2, 0.25) is 0 Å². The topological polar surface area (TPSA) is 49.0 Å². The van der Waals surface area contributed by atoms with Crippen LogP contribution in [0.15, 0.2) is 40.5 Å². The highest BCUT2D eigenvalue weighted by Gasteiger charge is 2.22. The second-order valence-electron chi connectivity index (χ2n) is 5.98. The molecule has 0 aliphatic carbocycles. The number of aromatic amines is 1. The van der Waals surface area contributed by atoms with Gasteiger partial charge in [0, 0.05) is 40.8 Å². The molecule has 0 unspecified atom stereocenters. The number of fused-ring (bicyclic) bond motifs is 1. The van der Waals surface area contributed by atoms with E-state index < -0.39 is 0 Å². The zero-order valence-electron chi connectivity index (χ0n) is 13.3. The van der Waals surface area contributed by atoms with E-state index in [1.165, 1.54) is 0 Å². The number of thiophene rings is 1. The maximum atomic E-state index is 12.4. The average molecular weight is 392 g/mol. The zero-order chi connectivity index (χ0) is 17.4. The Morgan fingerprint density at radius 3 is 2.72 bits per heavy atom. The van der Waals surface area contributed by atoms with Gasteiger partial charge >= 0.3 is 0 Å². The number of hydrogen-bond donors (Lipinski definition) is 1. The van der Waals surface area contributed by atoms with Crippen LogP contribution in [0.1, 0.15) is 16.8 Å². The van der Waals surface area contributed by atoms with Gasteiger partial charge in [-0.15, -0.1) is 11.3 Å². The lowest BCUT2D eigenvalue weighted by Crippen LogP contribution is -2.35. The summed E-state index contributed by atoms with van der Waals surface area (Å²) in [5.74, 6) is 0.636. The first-order valence-corrected chi connectivity index (χ1v) is 9.56. The molecule has 0 spiro atoms. The van der Waals surface area contributed by atoms with E-state index in [9.17, 15) is 4.79 Å². The van der Waals surface area contributed by atoms with E-state index in [4.69, 9.17) is 28.2 Å². The van der Waals surface area contributed by atoms with Crippen molar-refractivity contribution in [1.82, 2.24) is 14.9 Å². The van der Waals surface area contributed by atoms with E-state index in [1.807, 2.05) is 35.7 Å². The Bertz CT molecular complexity index is 949. The van der Waals surface area contributed by atoms with Crippen molar-refractivity contribution in [3.63, 3.8) is 0 Å². The van der Waals surface area contributed by atoms with Crippen molar-refractivity contribution in [2.45, 2.75) is 19.5 Å². The molecule has 3 heterocycles. The Morgan fingerprint density at radius 2 is 2.00 bits per heavy atom. The van der Waals surface area contributed by atoms with Gasteiger partial charge in [0.15, 0.2) is 5.82 Å². The maximum absolute atomic E-state index is 12.4. The highest BCUT2D eigenvalue weighted by atomic mass is 35.5. The van der Waals surface area contributed by atoms with Crippen molar-refractivity contribution in [1.29, 1.82) is 0 Å². The largest absolute Gasteiger partial charge is 0.306 e. The summed E-state index contributed by atoms with van der Waals surface area (Å²) in [6.45, 7) is 2.03. The molecular formula is C18H15Cl2N3OS. The van der Waals surface area contributed by atoms with Gasteiger partial charge in [-0.2, -0.15) is 0 Å². The second-order valence-corrected chi connectivity index (χ2v) is 7.74. The van der Waals surface area contributed by atoms with Crippen LogP contribution in [0.4, 0.5) is 0 Å². The highest BCUT2D eigenvalue weighted by molar-refractivity contribution is 7.13. The fraction of sp³-hybridized carbons (Fsp3) is 0.222. The number of benzene rings is 1. The molecule has 1 N–H and O–H groups in total. The van der Waals surface area contributed by atoms with Crippen molar-refractivity contribution >= 4 is 34.5 Å². The fourth-order valence-electron chi connectivity index (χ4n) is 3.07. The van der Waals surface area contributed by atoms with Gasteiger partial charge in [-0.25, -0.2) is 4.98 Å². The Morgan fingerprint density at radius 1 is 1.20 bits per heavy atom. The first-order chi connectivity index (χ1) is 12.1. The van der Waals surface area contributed by atoms with Crippen LogP contribution in [-0.2, 0) is 19.5 Å². The van der Waals surface area contributed by atoms with Crippen molar-refractivity contribution < 1.29 is 0 Å². The maximum Gasteiger partial charge on any atom is 0.254 e. The van der Waals surface area contributed by atoms with E-state index in [1.54, 1.807) is 11.3 Å². The summed E-state index contributed by atoms with van der Waals surface area (Å²) in [4.78, 5) is 23.2.